The standard InChI is InChI=1S/C25H37N3O2/c29-24(15-10-20-6-4-5-7-20)26-22-11-13-23(14-12-22)27-16-18-28(19-17-27)25(30)21-8-2-1-3-9-21/h11-14,20-21H,1-10,15-19H2,(H,26,29). The van der Waals surface area contributed by atoms with Gasteiger partial charge in [0.1, 0.15) is 0 Å². The van der Waals surface area contributed by atoms with E-state index < -0.39 is 0 Å². The van der Waals surface area contributed by atoms with Crippen LogP contribution < -0.4 is 10.2 Å². The van der Waals surface area contributed by atoms with Gasteiger partial charge in [-0.15, -0.1) is 0 Å². The number of benzene rings is 1. The quantitative estimate of drug-likeness (QED) is 0.730. The molecule has 5 nitrogen and oxygen atoms in total. The van der Waals surface area contributed by atoms with Crippen LogP contribution in [0.4, 0.5) is 11.4 Å². The van der Waals surface area contributed by atoms with Crippen molar-refractivity contribution < 1.29 is 9.59 Å². The van der Waals surface area contributed by atoms with Crippen molar-refractivity contribution in [2.24, 2.45) is 11.8 Å². The minimum Gasteiger partial charge on any atom is -0.368 e. The number of carbonyl (C=O) groups is 2. The number of nitrogens with zero attached hydrogens (tertiary/aromatic N) is 2. The summed E-state index contributed by atoms with van der Waals surface area (Å²) in [6, 6.07) is 8.18. The van der Waals surface area contributed by atoms with Crippen molar-refractivity contribution in [1.29, 1.82) is 0 Å². The molecule has 0 radical (unpaired) electrons. The molecule has 3 aliphatic rings. The van der Waals surface area contributed by atoms with E-state index in [0.29, 0.717) is 12.3 Å². The number of carbonyl (C=O) groups excluding carboxylic acids is 2. The van der Waals surface area contributed by atoms with E-state index in [1.165, 1.54) is 50.6 Å². The molecule has 2 amide bonds. The normalized spacial score (nSPS) is 21.1. The zero-order chi connectivity index (χ0) is 20.8. The van der Waals surface area contributed by atoms with Crippen molar-refractivity contribution in [3.05, 3.63) is 24.3 Å². The summed E-state index contributed by atoms with van der Waals surface area (Å²) in [6.07, 6.45) is 12.8. The van der Waals surface area contributed by atoms with Crippen molar-refractivity contribution >= 4 is 23.2 Å². The first-order valence-electron chi connectivity index (χ1n) is 12.1. The zero-order valence-corrected chi connectivity index (χ0v) is 18.3. The van der Waals surface area contributed by atoms with Crippen molar-refractivity contribution in [2.45, 2.75) is 70.6 Å². The van der Waals surface area contributed by atoms with E-state index in [0.717, 1.165) is 57.0 Å². The maximum atomic E-state index is 12.7. The zero-order valence-electron chi connectivity index (χ0n) is 18.3. The highest BCUT2D eigenvalue weighted by molar-refractivity contribution is 5.90. The van der Waals surface area contributed by atoms with E-state index >= 15 is 0 Å². The molecule has 1 aromatic carbocycles. The third-order valence-electron chi connectivity index (χ3n) is 7.32. The number of piperazine rings is 1. The van der Waals surface area contributed by atoms with Crippen LogP contribution in [0.15, 0.2) is 24.3 Å². The van der Waals surface area contributed by atoms with Crippen molar-refractivity contribution in [1.82, 2.24) is 4.90 Å². The van der Waals surface area contributed by atoms with E-state index in [4.69, 9.17) is 0 Å². The molecule has 0 unspecified atom stereocenters. The number of anilines is 2. The van der Waals surface area contributed by atoms with E-state index in [9.17, 15) is 9.59 Å². The number of hydrogen-bond donors (Lipinski definition) is 1. The smallest absolute Gasteiger partial charge is 0.225 e. The van der Waals surface area contributed by atoms with Gasteiger partial charge in [-0.25, -0.2) is 0 Å². The molecule has 1 aromatic rings. The van der Waals surface area contributed by atoms with Gasteiger partial charge < -0.3 is 15.1 Å². The number of hydrogen-bond acceptors (Lipinski definition) is 3. The average molecular weight is 412 g/mol. The van der Waals surface area contributed by atoms with Gasteiger partial charge in [-0.1, -0.05) is 44.9 Å². The van der Waals surface area contributed by atoms with Gasteiger partial charge in [0.05, 0.1) is 0 Å². The topological polar surface area (TPSA) is 52.7 Å². The van der Waals surface area contributed by atoms with Gasteiger partial charge in [0.15, 0.2) is 0 Å². The van der Waals surface area contributed by atoms with E-state index in [2.05, 4.69) is 27.2 Å². The number of rotatable bonds is 6. The molecule has 1 aliphatic heterocycles. The number of amides is 2. The van der Waals surface area contributed by atoms with Crippen molar-refractivity contribution in [3.63, 3.8) is 0 Å². The lowest BCUT2D eigenvalue weighted by molar-refractivity contribution is -0.136. The second kappa shape index (κ2) is 10.3. The van der Waals surface area contributed by atoms with Crippen molar-refractivity contribution in [2.75, 3.05) is 36.4 Å². The monoisotopic (exact) mass is 411 g/mol. The third kappa shape index (κ3) is 5.55. The first kappa shape index (κ1) is 21.2. The largest absolute Gasteiger partial charge is 0.368 e. The Morgan fingerprint density at radius 2 is 1.47 bits per heavy atom. The second-order valence-electron chi connectivity index (χ2n) is 9.43. The summed E-state index contributed by atoms with van der Waals surface area (Å²) in [7, 11) is 0. The first-order chi connectivity index (χ1) is 14.7. The molecule has 2 aliphatic carbocycles. The molecule has 0 aromatic heterocycles. The molecule has 4 rings (SSSR count). The van der Waals surface area contributed by atoms with Gasteiger partial charge in [0.2, 0.25) is 11.8 Å². The lowest BCUT2D eigenvalue weighted by atomic mass is 9.88. The highest BCUT2D eigenvalue weighted by Gasteiger charge is 2.28. The van der Waals surface area contributed by atoms with Gasteiger partial charge in [-0.2, -0.15) is 0 Å². The molecule has 3 fully saturated rings. The fourth-order valence-corrected chi connectivity index (χ4v) is 5.41. The lowest BCUT2D eigenvalue weighted by Crippen LogP contribution is -2.50. The van der Waals surface area contributed by atoms with Crippen LogP contribution in [-0.2, 0) is 9.59 Å². The highest BCUT2D eigenvalue weighted by atomic mass is 16.2. The maximum absolute atomic E-state index is 12.7. The predicted molar refractivity (Wildman–Crippen MR) is 122 cm³/mol. The van der Waals surface area contributed by atoms with Gasteiger partial charge in [0.25, 0.3) is 0 Å². The molecule has 30 heavy (non-hydrogen) atoms. The van der Waals surface area contributed by atoms with Gasteiger partial charge in [0, 0.05) is 49.9 Å². The highest BCUT2D eigenvalue weighted by Crippen LogP contribution is 2.29. The summed E-state index contributed by atoms with van der Waals surface area (Å²) in [6.45, 7) is 3.39. The SMILES string of the molecule is O=C(CCC1CCCC1)Nc1ccc(N2CCN(C(=O)C3CCCCC3)CC2)cc1. The summed E-state index contributed by atoms with van der Waals surface area (Å²) in [5, 5.41) is 3.04. The Hall–Kier alpha value is -2.04. The molecule has 1 saturated heterocycles. The van der Waals surface area contributed by atoms with E-state index in [-0.39, 0.29) is 11.8 Å². The Labute approximate surface area is 181 Å². The molecular weight excluding hydrogens is 374 g/mol. The lowest BCUT2D eigenvalue weighted by Gasteiger charge is -2.38. The van der Waals surface area contributed by atoms with E-state index in [1.54, 1.807) is 0 Å². The molecule has 2 saturated carbocycles. The van der Waals surface area contributed by atoms with Crippen LogP contribution in [0, 0.1) is 11.8 Å². The fraction of sp³-hybridized carbons (Fsp3) is 0.680. The average Bonchev–Trinajstić information content (AvgIpc) is 3.32. The van der Waals surface area contributed by atoms with Gasteiger partial charge >= 0.3 is 0 Å². The third-order valence-corrected chi connectivity index (χ3v) is 7.32. The Kier molecular flexibility index (Phi) is 7.29. The van der Waals surface area contributed by atoms with Crippen LogP contribution >= 0.6 is 0 Å². The fourth-order valence-electron chi connectivity index (χ4n) is 5.41. The minimum atomic E-state index is 0.129. The molecule has 1 heterocycles. The molecule has 5 heteroatoms. The molecule has 0 bridgehead atoms. The summed E-state index contributed by atoms with van der Waals surface area (Å²) in [5.41, 5.74) is 2.05. The Morgan fingerprint density at radius 1 is 0.833 bits per heavy atom. The van der Waals surface area contributed by atoms with Crippen LogP contribution in [0.25, 0.3) is 0 Å². The van der Waals surface area contributed by atoms with Crippen LogP contribution in [0.2, 0.25) is 0 Å². The summed E-state index contributed by atoms with van der Waals surface area (Å²) in [5.74, 6) is 1.53. The number of nitrogens with one attached hydrogen (secondary N) is 1. The van der Waals surface area contributed by atoms with Gasteiger partial charge in [-0.3, -0.25) is 9.59 Å². The van der Waals surface area contributed by atoms with Crippen LogP contribution in [0.3, 0.4) is 0 Å². The predicted octanol–water partition coefficient (Wildman–Crippen LogP) is 4.82. The molecular formula is C25H37N3O2. The van der Waals surface area contributed by atoms with Crippen LogP contribution in [0.1, 0.15) is 70.6 Å². The maximum Gasteiger partial charge on any atom is 0.225 e. The Morgan fingerprint density at radius 3 is 2.13 bits per heavy atom. The molecule has 1 N–H and O–H groups in total. The Balaban J connectivity index is 1.21. The second-order valence-corrected chi connectivity index (χ2v) is 9.43. The molecule has 0 spiro atoms. The summed E-state index contributed by atoms with van der Waals surface area (Å²) >= 11 is 0. The van der Waals surface area contributed by atoms with E-state index in [1.807, 2.05) is 12.1 Å². The van der Waals surface area contributed by atoms with Gasteiger partial charge in [-0.05, 0) is 49.4 Å². The molecule has 164 valence electrons. The minimum absolute atomic E-state index is 0.129. The summed E-state index contributed by atoms with van der Waals surface area (Å²) in [4.78, 5) is 29.4. The molecule has 0 atom stereocenters. The van der Waals surface area contributed by atoms with Crippen LogP contribution in [0.5, 0.6) is 0 Å². The van der Waals surface area contributed by atoms with Crippen LogP contribution in [-0.4, -0.2) is 42.9 Å². The first-order valence-corrected chi connectivity index (χ1v) is 12.1. The Bertz CT molecular complexity index is 698. The summed E-state index contributed by atoms with van der Waals surface area (Å²) < 4.78 is 0. The van der Waals surface area contributed by atoms with Crippen molar-refractivity contribution in [3.8, 4) is 0 Å².